The van der Waals surface area contributed by atoms with Gasteiger partial charge in [0.2, 0.25) is 0 Å². The molecular formula is C8H10BrN3O2. The van der Waals surface area contributed by atoms with Crippen molar-refractivity contribution in [3.05, 3.63) is 22.3 Å². The van der Waals surface area contributed by atoms with Gasteiger partial charge in [0.15, 0.2) is 5.82 Å². The lowest BCUT2D eigenvalue weighted by molar-refractivity contribution is 0.0697. The molecular weight excluding hydrogens is 250 g/mol. The van der Waals surface area contributed by atoms with E-state index in [2.05, 4.69) is 26.3 Å². The van der Waals surface area contributed by atoms with E-state index in [9.17, 15) is 4.79 Å². The van der Waals surface area contributed by atoms with Gasteiger partial charge in [-0.3, -0.25) is 0 Å². The second kappa shape index (κ2) is 4.39. The van der Waals surface area contributed by atoms with Crippen LogP contribution in [-0.2, 0) is 0 Å². The summed E-state index contributed by atoms with van der Waals surface area (Å²) in [6.45, 7) is 0. The van der Waals surface area contributed by atoms with Crippen LogP contribution in [-0.4, -0.2) is 35.2 Å². The normalized spacial score (nSPS) is 10.3. The number of halogens is 1. The van der Waals surface area contributed by atoms with Crippen molar-refractivity contribution in [3.63, 3.8) is 0 Å². The predicted octanol–water partition coefficient (Wildman–Crippen LogP) is 1.43. The highest BCUT2D eigenvalue weighted by molar-refractivity contribution is 9.10. The van der Waals surface area contributed by atoms with Crippen LogP contribution in [0.25, 0.3) is 0 Å². The van der Waals surface area contributed by atoms with Gasteiger partial charge >= 0.3 is 5.97 Å². The average molecular weight is 260 g/mol. The molecule has 0 fully saturated rings. The first-order chi connectivity index (χ1) is 6.50. The molecule has 0 aliphatic rings. The van der Waals surface area contributed by atoms with Crippen LogP contribution in [0.2, 0.25) is 0 Å². The molecule has 6 heteroatoms. The average Bonchev–Trinajstić information content (AvgIpc) is 2.07. The first-order valence-electron chi connectivity index (χ1n) is 3.83. The number of pyridine rings is 1. The van der Waals surface area contributed by atoms with Crippen LogP contribution in [0.1, 0.15) is 10.4 Å². The van der Waals surface area contributed by atoms with Crippen LogP contribution in [0.4, 0.5) is 5.82 Å². The summed E-state index contributed by atoms with van der Waals surface area (Å²) in [7, 11) is 3.52. The summed E-state index contributed by atoms with van der Waals surface area (Å²) < 4.78 is 0.638. The number of hydrazine groups is 1. The minimum absolute atomic E-state index is 0.132. The standard InChI is InChI=1S/C8H10BrN3O2/c1-12(2)11-7-6(8(13)14)3-5(9)4-10-7/h3-4H,1-2H3,(H,10,11)(H,13,14). The molecule has 14 heavy (non-hydrogen) atoms. The van der Waals surface area contributed by atoms with Crippen LogP contribution in [0.15, 0.2) is 16.7 Å². The van der Waals surface area contributed by atoms with Gasteiger partial charge in [-0.1, -0.05) is 0 Å². The number of carboxylic acid groups (broad SMARTS) is 1. The van der Waals surface area contributed by atoms with Crippen molar-refractivity contribution in [2.75, 3.05) is 19.5 Å². The number of rotatable bonds is 3. The zero-order chi connectivity index (χ0) is 10.7. The number of hydrogen-bond donors (Lipinski definition) is 2. The largest absolute Gasteiger partial charge is 0.478 e. The molecule has 0 radical (unpaired) electrons. The maximum absolute atomic E-state index is 10.8. The van der Waals surface area contributed by atoms with Gasteiger partial charge in [-0.05, 0) is 22.0 Å². The van der Waals surface area contributed by atoms with Crippen molar-refractivity contribution in [2.24, 2.45) is 0 Å². The molecule has 5 nitrogen and oxygen atoms in total. The fourth-order valence-electron chi connectivity index (χ4n) is 0.903. The molecule has 0 aliphatic heterocycles. The maximum Gasteiger partial charge on any atom is 0.339 e. The number of carboxylic acids is 1. The minimum Gasteiger partial charge on any atom is -0.478 e. The van der Waals surface area contributed by atoms with Crippen LogP contribution in [0, 0.1) is 0 Å². The molecule has 0 atom stereocenters. The molecule has 1 aromatic rings. The molecule has 0 saturated heterocycles. The first-order valence-corrected chi connectivity index (χ1v) is 4.63. The van der Waals surface area contributed by atoms with E-state index in [4.69, 9.17) is 5.11 Å². The van der Waals surface area contributed by atoms with Gasteiger partial charge < -0.3 is 10.5 Å². The molecule has 1 heterocycles. The van der Waals surface area contributed by atoms with Gasteiger partial charge in [0, 0.05) is 24.8 Å². The second-order valence-electron chi connectivity index (χ2n) is 2.86. The van der Waals surface area contributed by atoms with Crippen molar-refractivity contribution >= 4 is 27.7 Å². The Morgan fingerprint density at radius 3 is 2.79 bits per heavy atom. The van der Waals surface area contributed by atoms with Crippen LogP contribution in [0.5, 0.6) is 0 Å². The number of aromatic nitrogens is 1. The first kappa shape index (κ1) is 10.9. The summed E-state index contributed by atoms with van der Waals surface area (Å²) in [5.74, 6) is -0.686. The zero-order valence-corrected chi connectivity index (χ0v) is 9.37. The van der Waals surface area contributed by atoms with E-state index in [0.717, 1.165) is 0 Å². The predicted molar refractivity (Wildman–Crippen MR) is 56.2 cm³/mol. The van der Waals surface area contributed by atoms with Crippen LogP contribution >= 0.6 is 15.9 Å². The molecule has 0 aliphatic carbocycles. The lowest BCUT2D eigenvalue weighted by Crippen LogP contribution is -2.22. The Morgan fingerprint density at radius 2 is 2.29 bits per heavy atom. The van der Waals surface area contributed by atoms with Gasteiger partial charge in [0.1, 0.15) is 5.56 Å². The van der Waals surface area contributed by atoms with Gasteiger partial charge in [0.05, 0.1) is 0 Å². The molecule has 0 aromatic carbocycles. The Kier molecular flexibility index (Phi) is 3.43. The number of carbonyl (C=O) groups is 1. The van der Waals surface area contributed by atoms with Crippen molar-refractivity contribution in [1.29, 1.82) is 0 Å². The number of anilines is 1. The van der Waals surface area contributed by atoms with Crippen molar-refractivity contribution < 1.29 is 9.90 Å². The van der Waals surface area contributed by atoms with Gasteiger partial charge in [-0.2, -0.15) is 0 Å². The van der Waals surface area contributed by atoms with E-state index in [1.807, 2.05) is 0 Å². The third kappa shape index (κ3) is 2.68. The monoisotopic (exact) mass is 259 g/mol. The van der Waals surface area contributed by atoms with E-state index < -0.39 is 5.97 Å². The van der Waals surface area contributed by atoms with Crippen LogP contribution in [0.3, 0.4) is 0 Å². The summed E-state index contributed by atoms with van der Waals surface area (Å²) in [6.07, 6.45) is 1.54. The smallest absolute Gasteiger partial charge is 0.339 e. The summed E-state index contributed by atoms with van der Waals surface area (Å²) in [6, 6.07) is 1.50. The number of aromatic carboxylic acids is 1. The highest BCUT2D eigenvalue weighted by Gasteiger charge is 2.12. The Bertz CT molecular complexity index is 354. The molecule has 1 aromatic heterocycles. The molecule has 2 N–H and O–H groups in total. The summed E-state index contributed by atoms with van der Waals surface area (Å²) >= 11 is 3.16. The maximum atomic E-state index is 10.8. The lowest BCUT2D eigenvalue weighted by Gasteiger charge is -2.14. The molecule has 0 amide bonds. The topological polar surface area (TPSA) is 65.5 Å². The molecule has 76 valence electrons. The fourth-order valence-corrected chi connectivity index (χ4v) is 1.23. The summed E-state index contributed by atoms with van der Waals surface area (Å²) in [4.78, 5) is 14.8. The molecule has 0 saturated carbocycles. The lowest BCUT2D eigenvalue weighted by atomic mass is 10.2. The van der Waals surface area contributed by atoms with Gasteiger partial charge in [0.25, 0.3) is 0 Å². The molecule has 0 unspecified atom stereocenters. The third-order valence-corrected chi connectivity index (χ3v) is 1.85. The van der Waals surface area contributed by atoms with E-state index in [1.165, 1.54) is 12.3 Å². The Hall–Kier alpha value is -1.14. The Balaban J connectivity index is 3.08. The molecule has 0 spiro atoms. The van der Waals surface area contributed by atoms with Crippen molar-refractivity contribution in [2.45, 2.75) is 0 Å². The second-order valence-corrected chi connectivity index (χ2v) is 3.78. The van der Waals surface area contributed by atoms with E-state index in [1.54, 1.807) is 19.1 Å². The highest BCUT2D eigenvalue weighted by atomic mass is 79.9. The highest BCUT2D eigenvalue weighted by Crippen LogP contribution is 2.17. The van der Waals surface area contributed by atoms with Gasteiger partial charge in [-0.25, -0.2) is 14.8 Å². The van der Waals surface area contributed by atoms with Crippen LogP contribution < -0.4 is 5.43 Å². The fraction of sp³-hybridized carbons (Fsp3) is 0.250. The van der Waals surface area contributed by atoms with E-state index in [-0.39, 0.29) is 5.56 Å². The van der Waals surface area contributed by atoms with Crippen molar-refractivity contribution in [1.82, 2.24) is 9.99 Å². The van der Waals surface area contributed by atoms with E-state index >= 15 is 0 Å². The molecule has 1 rings (SSSR count). The van der Waals surface area contributed by atoms with E-state index in [0.29, 0.717) is 10.3 Å². The third-order valence-electron chi connectivity index (χ3n) is 1.41. The molecule has 0 bridgehead atoms. The number of nitrogens with one attached hydrogen (secondary N) is 1. The zero-order valence-electron chi connectivity index (χ0n) is 7.78. The Labute approximate surface area is 89.8 Å². The SMILES string of the molecule is CN(C)Nc1ncc(Br)cc1C(=O)O. The van der Waals surface area contributed by atoms with Crippen molar-refractivity contribution in [3.8, 4) is 0 Å². The van der Waals surface area contributed by atoms with Gasteiger partial charge in [-0.15, -0.1) is 0 Å². The summed E-state index contributed by atoms with van der Waals surface area (Å²) in [5.41, 5.74) is 2.93. The minimum atomic E-state index is -1.01. The number of hydrogen-bond acceptors (Lipinski definition) is 4. The quantitative estimate of drug-likeness (QED) is 0.805. The summed E-state index contributed by atoms with van der Waals surface area (Å²) in [5, 5.41) is 10.5. The number of nitrogens with zero attached hydrogens (tertiary/aromatic N) is 2. The Morgan fingerprint density at radius 1 is 1.64 bits per heavy atom.